The number of hydrogen-bond acceptors (Lipinski definition) is 1. The van der Waals surface area contributed by atoms with E-state index in [1.807, 2.05) is 6.20 Å². The highest BCUT2D eigenvalue weighted by atomic mass is 15.1. The van der Waals surface area contributed by atoms with Crippen molar-refractivity contribution in [1.82, 2.24) is 10.2 Å². The predicted octanol–water partition coefficient (Wildman–Crippen LogP) is 6.42. The van der Waals surface area contributed by atoms with Gasteiger partial charge in [-0.15, -0.1) is 0 Å². The monoisotopic (exact) mass is 364 g/mol. The summed E-state index contributed by atoms with van der Waals surface area (Å²) in [5.74, 6) is 0. The smallest absolute Gasteiger partial charge is 0.0650 e. The van der Waals surface area contributed by atoms with E-state index in [2.05, 4.69) is 83.9 Å². The van der Waals surface area contributed by atoms with Gasteiger partial charge in [0.15, 0.2) is 0 Å². The number of fused-ring (bicyclic) bond motifs is 2. The first-order valence-electron chi connectivity index (χ1n) is 10.2. The lowest BCUT2D eigenvalue weighted by Gasteiger charge is -2.17. The maximum atomic E-state index is 4.20. The van der Waals surface area contributed by atoms with E-state index in [4.69, 9.17) is 0 Å². The van der Waals surface area contributed by atoms with Crippen LogP contribution < -0.4 is 0 Å². The first kappa shape index (κ1) is 17.0. The number of nitrogens with one attached hydrogen (secondary N) is 1. The number of allylic oxidation sites excluding steroid dienone is 1. The zero-order valence-electron chi connectivity index (χ0n) is 16.2. The highest BCUT2D eigenvalue weighted by Gasteiger charge is 2.17. The van der Waals surface area contributed by atoms with Crippen molar-refractivity contribution in [2.24, 2.45) is 0 Å². The molecule has 1 N–H and O–H groups in total. The van der Waals surface area contributed by atoms with Gasteiger partial charge in [-0.25, -0.2) is 0 Å². The Hall–Kier alpha value is -3.13. The summed E-state index contributed by atoms with van der Waals surface area (Å²) in [5, 5.41) is 8.42. The molecular formula is C26H24N2. The topological polar surface area (TPSA) is 28.7 Å². The fraction of sp³-hybridized carbons (Fsp3) is 0.192. The van der Waals surface area contributed by atoms with Crippen molar-refractivity contribution in [2.45, 2.75) is 32.6 Å². The predicted molar refractivity (Wildman–Crippen MR) is 117 cm³/mol. The molecule has 0 amide bonds. The zero-order valence-corrected chi connectivity index (χ0v) is 16.2. The fourth-order valence-corrected chi connectivity index (χ4v) is 4.51. The van der Waals surface area contributed by atoms with Gasteiger partial charge in [0.1, 0.15) is 0 Å². The Balaban J connectivity index is 1.77. The van der Waals surface area contributed by atoms with Crippen LogP contribution in [0.4, 0.5) is 0 Å². The highest BCUT2D eigenvalue weighted by Crippen LogP contribution is 2.37. The molecule has 1 heterocycles. The Morgan fingerprint density at radius 3 is 2.50 bits per heavy atom. The van der Waals surface area contributed by atoms with Crippen LogP contribution in [0.3, 0.4) is 0 Å². The standard InChI is InChI=1S/C26H24N2/c1-2-24(19-7-4-3-5-8-19)26(21-12-11-18-9-6-10-20(18)15-21)22-13-14-25-23(16-22)17-27-28-25/h3-5,7-8,11-17H,2,6,9-10H2,1H3,(H,27,28)/b26-24+. The van der Waals surface area contributed by atoms with Crippen molar-refractivity contribution in [3.63, 3.8) is 0 Å². The van der Waals surface area contributed by atoms with Crippen molar-refractivity contribution in [2.75, 3.05) is 0 Å². The molecule has 0 aliphatic heterocycles. The van der Waals surface area contributed by atoms with Gasteiger partial charge in [0, 0.05) is 5.39 Å². The minimum atomic E-state index is 0.986. The summed E-state index contributed by atoms with van der Waals surface area (Å²) in [5.41, 5.74) is 10.7. The number of rotatable bonds is 4. The van der Waals surface area contributed by atoms with Gasteiger partial charge in [-0.3, -0.25) is 5.10 Å². The second kappa shape index (κ2) is 7.12. The van der Waals surface area contributed by atoms with E-state index in [1.54, 1.807) is 0 Å². The molecular weight excluding hydrogens is 340 g/mol. The largest absolute Gasteiger partial charge is 0.278 e. The summed E-state index contributed by atoms with van der Waals surface area (Å²) >= 11 is 0. The quantitative estimate of drug-likeness (QED) is 0.416. The maximum absolute atomic E-state index is 4.20. The molecule has 0 radical (unpaired) electrons. The van der Waals surface area contributed by atoms with Crippen molar-refractivity contribution < 1.29 is 0 Å². The maximum Gasteiger partial charge on any atom is 0.0650 e. The molecule has 1 aliphatic rings. The molecule has 2 heteroatoms. The molecule has 0 spiro atoms. The average molecular weight is 364 g/mol. The summed E-state index contributed by atoms with van der Waals surface area (Å²) in [6, 6.07) is 24.5. The minimum absolute atomic E-state index is 0.986. The summed E-state index contributed by atoms with van der Waals surface area (Å²) < 4.78 is 0. The number of aromatic nitrogens is 2. The average Bonchev–Trinajstić information content (AvgIpc) is 3.40. The van der Waals surface area contributed by atoms with E-state index < -0.39 is 0 Å². The number of aromatic amines is 1. The highest BCUT2D eigenvalue weighted by molar-refractivity contribution is 6.00. The number of H-pyrrole nitrogens is 1. The van der Waals surface area contributed by atoms with Crippen LogP contribution in [0.1, 0.15) is 47.6 Å². The van der Waals surface area contributed by atoms with Crippen LogP contribution in [0.5, 0.6) is 0 Å². The normalized spacial score (nSPS) is 14.2. The van der Waals surface area contributed by atoms with Crippen molar-refractivity contribution in [1.29, 1.82) is 0 Å². The van der Waals surface area contributed by atoms with Crippen LogP contribution in [-0.4, -0.2) is 10.2 Å². The van der Waals surface area contributed by atoms with E-state index in [0.29, 0.717) is 0 Å². The Kier molecular flexibility index (Phi) is 4.32. The van der Waals surface area contributed by atoms with Crippen molar-refractivity contribution in [3.05, 3.63) is 101 Å². The SMILES string of the molecule is CC/C(=C(/c1ccc2c(c1)CCC2)c1ccc2[nH]ncc2c1)c1ccccc1. The molecule has 0 fully saturated rings. The van der Waals surface area contributed by atoms with Crippen LogP contribution >= 0.6 is 0 Å². The number of benzene rings is 3. The lowest BCUT2D eigenvalue weighted by atomic mass is 9.87. The fourth-order valence-electron chi connectivity index (χ4n) is 4.51. The minimum Gasteiger partial charge on any atom is -0.278 e. The van der Waals surface area contributed by atoms with Crippen molar-refractivity contribution in [3.8, 4) is 0 Å². The Morgan fingerprint density at radius 1 is 0.857 bits per heavy atom. The zero-order chi connectivity index (χ0) is 18.9. The molecule has 0 saturated heterocycles. The van der Waals surface area contributed by atoms with Gasteiger partial charge in [0.25, 0.3) is 0 Å². The molecule has 0 atom stereocenters. The van der Waals surface area contributed by atoms with Crippen LogP contribution in [-0.2, 0) is 12.8 Å². The molecule has 4 aromatic rings. The number of aryl methyl sites for hydroxylation is 2. The van der Waals surface area contributed by atoms with Gasteiger partial charge < -0.3 is 0 Å². The Bertz CT molecular complexity index is 1170. The second-order valence-electron chi connectivity index (χ2n) is 7.58. The van der Waals surface area contributed by atoms with Gasteiger partial charge in [-0.05, 0) is 76.8 Å². The molecule has 28 heavy (non-hydrogen) atoms. The molecule has 1 aliphatic carbocycles. The molecule has 1 aromatic heterocycles. The van der Waals surface area contributed by atoms with Gasteiger partial charge >= 0.3 is 0 Å². The van der Waals surface area contributed by atoms with Gasteiger partial charge in [0.2, 0.25) is 0 Å². The molecule has 0 saturated carbocycles. The summed E-state index contributed by atoms with van der Waals surface area (Å²) in [4.78, 5) is 0. The van der Waals surface area contributed by atoms with Crippen LogP contribution in [0.2, 0.25) is 0 Å². The number of nitrogens with zero attached hydrogens (tertiary/aromatic N) is 1. The second-order valence-corrected chi connectivity index (χ2v) is 7.58. The third-order valence-corrected chi connectivity index (χ3v) is 5.89. The summed E-state index contributed by atoms with van der Waals surface area (Å²) in [7, 11) is 0. The molecule has 5 rings (SSSR count). The lowest BCUT2D eigenvalue weighted by Crippen LogP contribution is -1.96. The van der Waals surface area contributed by atoms with E-state index in [0.717, 1.165) is 17.3 Å². The summed E-state index contributed by atoms with van der Waals surface area (Å²) in [6.07, 6.45) is 6.59. The van der Waals surface area contributed by atoms with E-state index >= 15 is 0 Å². The molecule has 3 aromatic carbocycles. The van der Waals surface area contributed by atoms with E-state index in [9.17, 15) is 0 Å². The van der Waals surface area contributed by atoms with Crippen molar-refractivity contribution >= 4 is 22.0 Å². The molecule has 2 nitrogen and oxygen atoms in total. The van der Waals surface area contributed by atoms with E-state index in [-0.39, 0.29) is 0 Å². The van der Waals surface area contributed by atoms with Crippen LogP contribution in [0, 0.1) is 0 Å². The number of hydrogen-bond donors (Lipinski definition) is 1. The summed E-state index contributed by atoms with van der Waals surface area (Å²) in [6.45, 7) is 2.26. The van der Waals surface area contributed by atoms with Gasteiger partial charge in [-0.2, -0.15) is 5.10 Å². The van der Waals surface area contributed by atoms with Crippen LogP contribution in [0.15, 0.2) is 72.9 Å². The van der Waals surface area contributed by atoms with E-state index in [1.165, 1.54) is 58.2 Å². The Morgan fingerprint density at radius 2 is 1.64 bits per heavy atom. The first-order valence-corrected chi connectivity index (χ1v) is 10.2. The third kappa shape index (κ3) is 2.95. The van der Waals surface area contributed by atoms with Gasteiger partial charge in [0.05, 0.1) is 11.7 Å². The van der Waals surface area contributed by atoms with Gasteiger partial charge in [-0.1, -0.05) is 61.5 Å². The first-order chi connectivity index (χ1) is 13.8. The third-order valence-electron chi connectivity index (χ3n) is 5.89. The lowest BCUT2D eigenvalue weighted by molar-refractivity contribution is 0.912. The van der Waals surface area contributed by atoms with Crippen LogP contribution in [0.25, 0.3) is 22.0 Å². The molecule has 138 valence electrons. The Labute approximate surface area is 165 Å². The molecule has 0 unspecified atom stereocenters. The molecule has 0 bridgehead atoms.